The Morgan fingerprint density at radius 1 is 1.10 bits per heavy atom. The lowest BCUT2D eigenvalue weighted by Gasteiger charge is -2.35. The minimum absolute atomic E-state index is 0.0281. The normalized spacial score (nSPS) is 21.3. The van der Waals surface area contributed by atoms with Crippen LogP contribution >= 0.6 is 0 Å². The maximum absolute atomic E-state index is 12.5. The first kappa shape index (κ1) is 20.4. The maximum atomic E-state index is 12.5. The molecule has 0 radical (unpaired) electrons. The molecular formula is C24H29N3O3. The molecule has 2 amide bonds. The van der Waals surface area contributed by atoms with Gasteiger partial charge in [-0.2, -0.15) is 0 Å². The fraction of sp³-hybridized carbons (Fsp3) is 0.417. The Bertz CT molecular complexity index is 916. The van der Waals surface area contributed by atoms with E-state index in [0.717, 1.165) is 37.0 Å². The van der Waals surface area contributed by atoms with Gasteiger partial charge in [0.2, 0.25) is 0 Å². The number of benzene rings is 2. The largest absolute Gasteiger partial charge is 0.482 e. The smallest absolute Gasteiger partial charge is 0.262 e. The summed E-state index contributed by atoms with van der Waals surface area (Å²) in [5, 5.41) is 5.67. The maximum Gasteiger partial charge on any atom is 0.262 e. The quantitative estimate of drug-likeness (QED) is 0.797. The van der Waals surface area contributed by atoms with Crippen LogP contribution in [0.25, 0.3) is 0 Å². The molecule has 30 heavy (non-hydrogen) atoms. The second-order valence-electron chi connectivity index (χ2n) is 8.69. The van der Waals surface area contributed by atoms with Gasteiger partial charge in [-0.3, -0.25) is 14.5 Å². The number of amides is 2. The fourth-order valence-corrected chi connectivity index (χ4v) is 4.44. The highest BCUT2D eigenvalue weighted by Crippen LogP contribution is 2.28. The molecule has 158 valence electrons. The summed E-state index contributed by atoms with van der Waals surface area (Å²) >= 11 is 0. The van der Waals surface area contributed by atoms with Crippen LogP contribution in [0.2, 0.25) is 0 Å². The summed E-state index contributed by atoms with van der Waals surface area (Å²) in [4.78, 5) is 26.4. The highest BCUT2D eigenvalue weighted by atomic mass is 16.5. The van der Waals surface area contributed by atoms with Crippen molar-refractivity contribution in [2.24, 2.45) is 11.8 Å². The van der Waals surface area contributed by atoms with Gasteiger partial charge in [-0.15, -0.1) is 0 Å². The van der Waals surface area contributed by atoms with E-state index in [2.05, 4.69) is 53.6 Å². The van der Waals surface area contributed by atoms with E-state index >= 15 is 0 Å². The van der Waals surface area contributed by atoms with Gasteiger partial charge in [0, 0.05) is 31.7 Å². The minimum Gasteiger partial charge on any atom is -0.482 e. The van der Waals surface area contributed by atoms with Crippen molar-refractivity contribution in [3.8, 4) is 5.75 Å². The number of ether oxygens (including phenoxy) is 1. The average Bonchev–Trinajstić information content (AvgIpc) is 2.72. The molecule has 2 aliphatic rings. The standard InChI is InChI=1S/C24H29N3O3/c1-16-9-17(2)13-27(12-16)14-19-5-3-18(4-6-19)11-25-24(29)20-7-8-21-22(10-20)30-15-23(28)26-21/h3-8,10,16-17H,9,11-15H2,1-2H3,(H,25,29)(H,26,28)/t16-,17+. The third kappa shape index (κ3) is 5.00. The Morgan fingerprint density at radius 3 is 2.53 bits per heavy atom. The van der Waals surface area contributed by atoms with Crippen LogP contribution < -0.4 is 15.4 Å². The van der Waals surface area contributed by atoms with E-state index in [1.165, 1.54) is 12.0 Å². The lowest BCUT2D eigenvalue weighted by Crippen LogP contribution is -2.38. The van der Waals surface area contributed by atoms with Gasteiger partial charge < -0.3 is 15.4 Å². The molecule has 4 rings (SSSR count). The molecule has 2 aromatic rings. The Kier molecular flexibility index (Phi) is 6.04. The van der Waals surface area contributed by atoms with E-state index in [-0.39, 0.29) is 18.4 Å². The number of nitrogens with one attached hydrogen (secondary N) is 2. The van der Waals surface area contributed by atoms with E-state index in [4.69, 9.17) is 4.74 Å². The van der Waals surface area contributed by atoms with Crippen LogP contribution in [0.15, 0.2) is 42.5 Å². The predicted molar refractivity (Wildman–Crippen MR) is 116 cm³/mol. The van der Waals surface area contributed by atoms with Crippen LogP contribution in [0, 0.1) is 11.8 Å². The Balaban J connectivity index is 1.31. The number of anilines is 1. The molecule has 0 bridgehead atoms. The molecule has 1 saturated heterocycles. The van der Waals surface area contributed by atoms with Crippen molar-refractivity contribution < 1.29 is 14.3 Å². The SMILES string of the molecule is C[C@@H]1C[C@H](C)CN(Cc2ccc(CNC(=O)c3ccc4c(c3)OCC(=O)N4)cc2)C1. The molecule has 1 fully saturated rings. The molecular weight excluding hydrogens is 378 g/mol. The fourth-order valence-electron chi connectivity index (χ4n) is 4.44. The molecule has 6 heteroatoms. The zero-order chi connectivity index (χ0) is 21.1. The van der Waals surface area contributed by atoms with E-state index in [9.17, 15) is 9.59 Å². The first-order valence-electron chi connectivity index (χ1n) is 10.6. The van der Waals surface area contributed by atoms with Crippen LogP contribution in [0.1, 0.15) is 41.8 Å². The molecule has 2 aliphatic heterocycles. The summed E-state index contributed by atoms with van der Waals surface area (Å²) in [6.07, 6.45) is 1.32. The number of hydrogen-bond acceptors (Lipinski definition) is 4. The Morgan fingerprint density at radius 2 is 1.80 bits per heavy atom. The van der Waals surface area contributed by atoms with Gasteiger partial charge in [-0.25, -0.2) is 0 Å². The van der Waals surface area contributed by atoms with Crippen molar-refractivity contribution in [1.29, 1.82) is 0 Å². The van der Waals surface area contributed by atoms with Gasteiger partial charge in [-0.05, 0) is 47.6 Å². The number of carbonyl (C=O) groups is 2. The molecule has 0 aliphatic carbocycles. The van der Waals surface area contributed by atoms with E-state index < -0.39 is 0 Å². The van der Waals surface area contributed by atoms with Crippen molar-refractivity contribution in [1.82, 2.24) is 10.2 Å². The minimum atomic E-state index is -0.188. The Labute approximate surface area is 177 Å². The van der Waals surface area contributed by atoms with E-state index in [1.807, 2.05) is 0 Å². The molecule has 0 aromatic heterocycles. The number of nitrogens with zero attached hydrogens (tertiary/aromatic N) is 1. The molecule has 2 atom stereocenters. The number of hydrogen-bond donors (Lipinski definition) is 2. The van der Waals surface area contributed by atoms with Crippen LogP contribution in [-0.4, -0.2) is 36.4 Å². The topological polar surface area (TPSA) is 70.7 Å². The van der Waals surface area contributed by atoms with Crippen molar-refractivity contribution >= 4 is 17.5 Å². The summed E-state index contributed by atoms with van der Waals surface area (Å²) < 4.78 is 5.38. The number of rotatable bonds is 5. The number of likely N-dealkylation sites (tertiary alicyclic amines) is 1. The molecule has 2 N–H and O–H groups in total. The van der Waals surface area contributed by atoms with Crippen molar-refractivity contribution in [3.63, 3.8) is 0 Å². The lowest BCUT2D eigenvalue weighted by molar-refractivity contribution is -0.118. The molecule has 0 unspecified atom stereocenters. The van der Waals surface area contributed by atoms with E-state index in [1.54, 1.807) is 18.2 Å². The first-order chi connectivity index (χ1) is 14.5. The molecule has 0 saturated carbocycles. The van der Waals surface area contributed by atoms with Gasteiger partial charge in [0.1, 0.15) is 5.75 Å². The Hall–Kier alpha value is -2.86. The summed E-state index contributed by atoms with van der Waals surface area (Å²) in [7, 11) is 0. The van der Waals surface area contributed by atoms with Gasteiger partial charge in [0.15, 0.2) is 6.61 Å². The van der Waals surface area contributed by atoms with Crippen molar-refractivity contribution in [2.45, 2.75) is 33.4 Å². The first-order valence-corrected chi connectivity index (χ1v) is 10.6. The van der Waals surface area contributed by atoms with E-state index in [0.29, 0.717) is 23.5 Å². The van der Waals surface area contributed by atoms with Crippen LogP contribution in [-0.2, 0) is 17.9 Å². The van der Waals surface area contributed by atoms with Gasteiger partial charge in [0.25, 0.3) is 11.8 Å². The van der Waals surface area contributed by atoms with Crippen LogP contribution in [0.3, 0.4) is 0 Å². The highest BCUT2D eigenvalue weighted by molar-refractivity contribution is 5.98. The molecule has 2 heterocycles. The van der Waals surface area contributed by atoms with Gasteiger partial charge >= 0.3 is 0 Å². The monoisotopic (exact) mass is 407 g/mol. The molecule has 0 spiro atoms. The van der Waals surface area contributed by atoms with Crippen molar-refractivity contribution in [2.75, 3.05) is 25.0 Å². The molecule has 6 nitrogen and oxygen atoms in total. The summed E-state index contributed by atoms with van der Waals surface area (Å²) in [5.41, 5.74) is 3.47. The summed E-state index contributed by atoms with van der Waals surface area (Å²) in [6, 6.07) is 13.5. The zero-order valence-corrected chi connectivity index (χ0v) is 17.6. The number of piperidine rings is 1. The predicted octanol–water partition coefficient (Wildman–Crippen LogP) is 3.43. The number of carbonyl (C=O) groups excluding carboxylic acids is 2. The molecule has 2 aromatic carbocycles. The number of fused-ring (bicyclic) bond motifs is 1. The van der Waals surface area contributed by atoms with Crippen LogP contribution in [0.4, 0.5) is 5.69 Å². The third-order valence-electron chi connectivity index (χ3n) is 5.70. The zero-order valence-electron chi connectivity index (χ0n) is 17.6. The van der Waals surface area contributed by atoms with Crippen molar-refractivity contribution in [3.05, 3.63) is 59.2 Å². The second-order valence-corrected chi connectivity index (χ2v) is 8.69. The average molecular weight is 408 g/mol. The van der Waals surface area contributed by atoms with Gasteiger partial charge in [-0.1, -0.05) is 38.1 Å². The third-order valence-corrected chi connectivity index (χ3v) is 5.70. The van der Waals surface area contributed by atoms with Crippen LogP contribution in [0.5, 0.6) is 5.75 Å². The van der Waals surface area contributed by atoms with Gasteiger partial charge in [0.05, 0.1) is 5.69 Å². The summed E-state index contributed by atoms with van der Waals surface area (Å²) in [6.45, 7) is 8.41. The highest BCUT2D eigenvalue weighted by Gasteiger charge is 2.21. The second kappa shape index (κ2) is 8.88. The summed E-state index contributed by atoms with van der Waals surface area (Å²) in [5.74, 6) is 1.68. The lowest BCUT2D eigenvalue weighted by atomic mass is 9.91.